The third kappa shape index (κ3) is 3.12. The summed E-state index contributed by atoms with van der Waals surface area (Å²) in [7, 11) is 0. The highest BCUT2D eigenvalue weighted by Gasteiger charge is 2.13. The Morgan fingerprint density at radius 2 is 2.00 bits per heavy atom. The zero-order valence-electron chi connectivity index (χ0n) is 10.0. The van der Waals surface area contributed by atoms with E-state index in [1.54, 1.807) is 6.07 Å². The van der Waals surface area contributed by atoms with Crippen LogP contribution in [0.25, 0.3) is 0 Å². The molecule has 20 heavy (non-hydrogen) atoms. The molecule has 0 atom stereocenters. The van der Waals surface area contributed by atoms with Crippen LogP contribution in [0.5, 0.6) is 11.5 Å². The number of carboxylic acids is 1. The van der Waals surface area contributed by atoms with Gasteiger partial charge in [-0.3, -0.25) is 9.78 Å². The fourth-order valence-electron chi connectivity index (χ4n) is 1.49. The lowest BCUT2D eigenvalue weighted by atomic mass is 10.2. The minimum absolute atomic E-state index is 0.00522. The number of ether oxygens (including phenoxy) is 1. The highest BCUT2D eigenvalue weighted by Crippen LogP contribution is 2.28. The Kier molecular flexibility index (Phi) is 3.99. The summed E-state index contributed by atoms with van der Waals surface area (Å²) in [6.07, 6.45) is 1.36. The Hall–Kier alpha value is -2.41. The van der Waals surface area contributed by atoms with E-state index in [1.165, 1.54) is 30.5 Å². The molecule has 0 aliphatic rings. The van der Waals surface area contributed by atoms with E-state index in [9.17, 15) is 9.59 Å². The minimum atomic E-state index is -1.11. The molecule has 0 saturated carbocycles. The second kappa shape index (κ2) is 5.70. The maximum absolute atomic E-state index is 11.1. The number of hydrogen-bond acceptors (Lipinski definition) is 4. The number of carboxylic acid groups (broad SMARTS) is 1. The Labute approximate surface area is 122 Å². The first-order valence-electron chi connectivity index (χ1n) is 5.44. The zero-order valence-corrected chi connectivity index (χ0v) is 11.6. The Morgan fingerprint density at radius 1 is 1.25 bits per heavy atom. The minimum Gasteiger partial charge on any atom is -0.478 e. The van der Waals surface area contributed by atoms with Crippen LogP contribution in [0.15, 0.2) is 41.0 Å². The Morgan fingerprint density at radius 3 is 2.65 bits per heavy atom. The van der Waals surface area contributed by atoms with Gasteiger partial charge in [0, 0.05) is 16.7 Å². The number of primary amides is 1. The number of aromatic carboxylic acids is 1. The Balaban J connectivity index is 2.39. The van der Waals surface area contributed by atoms with Gasteiger partial charge >= 0.3 is 5.97 Å². The standard InChI is InChI=1S/C13H9BrN2O4/c14-7-1-2-9(13(18)19)11(5-7)20-8-3-4-16-10(6-8)12(15)17/h1-6H,(H2,15,17)(H,18,19). The van der Waals surface area contributed by atoms with Crippen LogP contribution < -0.4 is 10.5 Å². The van der Waals surface area contributed by atoms with Crippen molar-refractivity contribution in [2.24, 2.45) is 5.73 Å². The van der Waals surface area contributed by atoms with Gasteiger partial charge in [-0.25, -0.2) is 4.79 Å². The quantitative estimate of drug-likeness (QED) is 0.892. The van der Waals surface area contributed by atoms with E-state index in [0.717, 1.165) is 0 Å². The van der Waals surface area contributed by atoms with Crippen LogP contribution in [-0.4, -0.2) is 22.0 Å². The molecule has 0 unspecified atom stereocenters. The predicted molar refractivity (Wildman–Crippen MR) is 73.9 cm³/mol. The SMILES string of the molecule is NC(=O)c1cc(Oc2cc(Br)ccc2C(=O)O)ccn1. The molecule has 3 N–H and O–H groups in total. The molecule has 2 aromatic rings. The lowest BCUT2D eigenvalue weighted by Crippen LogP contribution is -2.12. The van der Waals surface area contributed by atoms with Gasteiger partial charge in [0.1, 0.15) is 22.8 Å². The number of aromatic nitrogens is 1. The van der Waals surface area contributed by atoms with Gasteiger partial charge in [0.05, 0.1) is 0 Å². The number of halogens is 1. The van der Waals surface area contributed by atoms with Crippen LogP contribution in [-0.2, 0) is 0 Å². The fraction of sp³-hybridized carbons (Fsp3) is 0. The van der Waals surface area contributed by atoms with Gasteiger partial charge < -0.3 is 15.6 Å². The first kappa shape index (κ1) is 14.0. The van der Waals surface area contributed by atoms with Gasteiger partial charge in [0.15, 0.2) is 0 Å². The molecule has 1 amide bonds. The number of nitrogens with zero attached hydrogens (tertiary/aromatic N) is 1. The molecular formula is C13H9BrN2O4. The average molecular weight is 337 g/mol. The first-order valence-corrected chi connectivity index (χ1v) is 6.23. The largest absolute Gasteiger partial charge is 0.478 e. The highest BCUT2D eigenvalue weighted by atomic mass is 79.9. The average Bonchev–Trinajstić information content (AvgIpc) is 2.38. The molecule has 102 valence electrons. The number of nitrogens with two attached hydrogens (primary N) is 1. The zero-order chi connectivity index (χ0) is 14.7. The van der Waals surface area contributed by atoms with Crippen LogP contribution in [0, 0.1) is 0 Å². The molecule has 0 saturated heterocycles. The number of carbonyl (C=O) groups is 2. The van der Waals surface area contributed by atoms with Crippen molar-refractivity contribution in [3.63, 3.8) is 0 Å². The molecule has 0 spiro atoms. The van der Waals surface area contributed by atoms with E-state index in [2.05, 4.69) is 20.9 Å². The summed E-state index contributed by atoms with van der Waals surface area (Å²) in [5.74, 6) is -1.39. The van der Waals surface area contributed by atoms with Crippen molar-refractivity contribution in [1.29, 1.82) is 0 Å². The van der Waals surface area contributed by atoms with Gasteiger partial charge in [-0.15, -0.1) is 0 Å². The number of benzene rings is 1. The van der Waals surface area contributed by atoms with Gasteiger partial charge in [0.2, 0.25) is 0 Å². The van der Waals surface area contributed by atoms with E-state index in [1.807, 2.05) is 0 Å². The smallest absolute Gasteiger partial charge is 0.339 e. The summed E-state index contributed by atoms with van der Waals surface area (Å²) >= 11 is 3.24. The van der Waals surface area contributed by atoms with Gasteiger partial charge in [-0.1, -0.05) is 15.9 Å². The molecule has 6 nitrogen and oxygen atoms in total. The Bertz CT molecular complexity index is 688. The molecule has 1 heterocycles. The van der Waals surface area contributed by atoms with Crippen molar-refractivity contribution in [2.45, 2.75) is 0 Å². The summed E-state index contributed by atoms with van der Waals surface area (Å²) < 4.78 is 6.15. The van der Waals surface area contributed by atoms with Crippen molar-refractivity contribution in [3.05, 3.63) is 52.3 Å². The normalized spacial score (nSPS) is 10.1. The molecule has 0 fully saturated rings. The molecule has 0 aliphatic carbocycles. The lowest BCUT2D eigenvalue weighted by molar-refractivity contribution is 0.0694. The van der Waals surface area contributed by atoms with E-state index in [-0.39, 0.29) is 22.8 Å². The molecule has 0 aliphatic heterocycles. The van der Waals surface area contributed by atoms with Crippen molar-refractivity contribution in [1.82, 2.24) is 4.98 Å². The van der Waals surface area contributed by atoms with Crippen LogP contribution in [0.2, 0.25) is 0 Å². The van der Waals surface area contributed by atoms with E-state index < -0.39 is 11.9 Å². The topological polar surface area (TPSA) is 103 Å². The molecule has 2 rings (SSSR count). The summed E-state index contributed by atoms with van der Waals surface area (Å²) in [5.41, 5.74) is 5.16. The van der Waals surface area contributed by atoms with Crippen LogP contribution in [0.1, 0.15) is 20.8 Å². The lowest BCUT2D eigenvalue weighted by Gasteiger charge is -2.09. The summed E-state index contributed by atoms with van der Waals surface area (Å²) in [6.45, 7) is 0. The van der Waals surface area contributed by atoms with Gasteiger partial charge in [-0.05, 0) is 24.3 Å². The van der Waals surface area contributed by atoms with Crippen LogP contribution in [0.4, 0.5) is 0 Å². The van der Waals surface area contributed by atoms with Gasteiger partial charge in [0.25, 0.3) is 5.91 Å². The third-order valence-corrected chi connectivity index (χ3v) is 2.88. The molecule has 1 aromatic heterocycles. The van der Waals surface area contributed by atoms with Crippen molar-refractivity contribution in [3.8, 4) is 11.5 Å². The second-order valence-electron chi connectivity index (χ2n) is 3.79. The van der Waals surface area contributed by atoms with Gasteiger partial charge in [-0.2, -0.15) is 0 Å². The van der Waals surface area contributed by atoms with E-state index in [0.29, 0.717) is 4.47 Å². The maximum atomic E-state index is 11.1. The fourth-order valence-corrected chi connectivity index (χ4v) is 1.83. The monoisotopic (exact) mass is 336 g/mol. The molecule has 1 aromatic carbocycles. The van der Waals surface area contributed by atoms with Crippen LogP contribution >= 0.6 is 15.9 Å². The summed E-state index contributed by atoms with van der Waals surface area (Å²) in [5, 5.41) is 9.10. The van der Waals surface area contributed by atoms with E-state index >= 15 is 0 Å². The number of rotatable bonds is 4. The molecule has 0 radical (unpaired) electrons. The highest BCUT2D eigenvalue weighted by molar-refractivity contribution is 9.10. The number of hydrogen-bond donors (Lipinski definition) is 2. The van der Waals surface area contributed by atoms with Crippen molar-refractivity contribution < 1.29 is 19.4 Å². The maximum Gasteiger partial charge on any atom is 0.339 e. The molecule has 0 bridgehead atoms. The van der Waals surface area contributed by atoms with Crippen molar-refractivity contribution >= 4 is 27.8 Å². The number of carbonyl (C=O) groups excluding carboxylic acids is 1. The predicted octanol–water partition coefficient (Wildman–Crippen LogP) is 2.43. The summed E-state index contributed by atoms with van der Waals surface area (Å²) in [6, 6.07) is 7.37. The second-order valence-corrected chi connectivity index (χ2v) is 4.70. The van der Waals surface area contributed by atoms with Crippen molar-refractivity contribution in [2.75, 3.05) is 0 Å². The molecule has 7 heteroatoms. The first-order chi connectivity index (χ1) is 9.47. The summed E-state index contributed by atoms with van der Waals surface area (Å²) in [4.78, 5) is 25.9. The molecular weight excluding hydrogens is 328 g/mol. The number of pyridine rings is 1. The number of amides is 1. The third-order valence-electron chi connectivity index (χ3n) is 2.39. The van der Waals surface area contributed by atoms with Crippen LogP contribution in [0.3, 0.4) is 0 Å². The van der Waals surface area contributed by atoms with E-state index in [4.69, 9.17) is 15.6 Å².